The Kier molecular flexibility index (Phi) is 3.33. The van der Waals surface area contributed by atoms with Gasteiger partial charge in [-0.25, -0.2) is 0 Å². The third-order valence-electron chi connectivity index (χ3n) is 7.80. The minimum absolute atomic E-state index is 0.812. The van der Waals surface area contributed by atoms with Gasteiger partial charge in [-0.2, -0.15) is 0 Å². The summed E-state index contributed by atoms with van der Waals surface area (Å²) in [5, 5.41) is 3.93. The quantitative estimate of drug-likeness (QED) is 0.839. The standard InChI is InChI=1S/C19H32N2/c1-2-5-13(6-3-1)16-12-21(10-4-9-20-16)19-17-14-7-8-15(11-14)18(17)19/h13-20H,1-12H2. The zero-order valence-corrected chi connectivity index (χ0v) is 13.5. The smallest absolute Gasteiger partial charge is 0.0223 e. The first-order valence-electron chi connectivity index (χ1n) is 9.89. The van der Waals surface area contributed by atoms with E-state index in [9.17, 15) is 0 Å². The summed E-state index contributed by atoms with van der Waals surface area (Å²) in [5.74, 6) is 5.51. The maximum Gasteiger partial charge on any atom is 0.0223 e. The zero-order chi connectivity index (χ0) is 13.8. The largest absolute Gasteiger partial charge is 0.312 e. The van der Waals surface area contributed by atoms with E-state index in [2.05, 4.69) is 10.2 Å². The molecule has 5 fully saturated rings. The molecule has 1 heterocycles. The van der Waals surface area contributed by atoms with E-state index in [0.717, 1.165) is 41.7 Å². The highest BCUT2D eigenvalue weighted by Gasteiger charge is 2.66. The summed E-state index contributed by atoms with van der Waals surface area (Å²) in [4.78, 5) is 2.96. The van der Waals surface area contributed by atoms with Crippen molar-refractivity contribution in [2.45, 2.75) is 69.9 Å². The van der Waals surface area contributed by atoms with Gasteiger partial charge in [-0.1, -0.05) is 19.3 Å². The van der Waals surface area contributed by atoms with E-state index in [0.29, 0.717) is 0 Å². The first kappa shape index (κ1) is 13.4. The van der Waals surface area contributed by atoms with Crippen LogP contribution in [0.15, 0.2) is 0 Å². The predicted molar refractivity (Wildman–Crippen MR) is 86.2 cm³/mol. The average Bonchev–Trinajstić information content (AvgIpc) is 3.08. The van der Waals surface area contributed by atoms with Crippen LogP contribution in [0.25, 0.3) is 0 Å². The number of nitrogens with zero attached hydrogens (tertiary/aromatic N) is 1. The molecular weight excluding hydrogens is 256 g/mol. The molecule has 118 valence electrons. The van der Waals surface area contributed by atoms with Gasteiger partial charge in [-0.05, 0) is 81.2 Å². The van der Waals surface area contributed by atoms with Gasteiger partial charge in [0, 0.05) is 18.6 Å². The van der Waals surface area contributed by atoms with Crippen molar-refractivity contribution in [2.75, 3.05) is 19.6 Å². The molecule has 1 N–H and O–H groups in total. The predicted octanol–water partition coefficient (Wildman–Crippen LogP) is 3.28. The van der Waals surface area contributed by atoms with Crippen molar-refractivity contribution in [2.24, 2.45) is 29.6 Å². The van der Waals surface area contributed by atoms with E-state index in [1.165, 1.54) is 58.2 Å². The van der Waals surface area contributed by atoms with Crippen LogP contribution >= 0.6 is 0 Å². The number of fused-ring (bicyclic) bond motifs is 5. The summed E-state index contributed by atoms with van der Waals surface area (Å²) in [7, 11) is 0. The maximum absolute atomic E-state index is 3.93. The van der Waals surface area contributed by atoms with E-state index in [1.807, 2.05) is 0 Å². The van der Waals surface area contributed by atoms with Crippen LogP contribution in [0.5, 0.6) is 0 Å². The lowest BCUT2D eigenvalue weighted by atomic mass is 9.83. The van der Waals surface area contributed by atoms with Crippen molar-refractivity contribution in [3.8, 4) is 0 Å². The molecule has 4 saturated carbocycles. The molecule has 2 heteroatoms. The normalized spacial score (nSPS) is 50.9. The topological polar surface area (TPSA) is 15.3 Å². The second kappa shape index (κ2) is 5.23. The van der Waals surface area contributed by atoms with Gasteiger partial charge in [0.05, 0.1) is 0 Å². The molecule has 0 spiro atoms. The van der Waals surface area contributed by atoms with Gasteiger partial charge >= 0.3 is 0 Å². The van der Waals surface area contributed by atoms with Gasteiger partial charge in [-0.15, -0.1) is 0 Å². The third kappa shape index (κ3) is 2.20. The summed E-state index contributed by atoms with van der Waals surface area (Å²) < 4.78 is 0. The van der Waals surface area contributed by atoms with Crippen molar-refractivity contribution in [1.29, 1.82) is 0 Å². The summed E-state index contributed by atoms with van der Waals surface area (Å²) in [6, 6.07) is 1.83. The molecule has 5 aliphatic rings. The lowest BCUT2D eigenvalue weighted by molar-refractivity contribution is 0.178. The molecule has 4 aliphatic carbocycles. The van der Waals surface area contributed by atoms with E-state index < -0.39 is 0 Å². The second-order valence-corrected chi connectivity index (χ2v) is 8.79. The van der Waals surface area contributed by atoms with Gasteiger partial charge in [0.1, 0.15) is 0 Å². The van der Waals surface area contributed by atoms with Gasteiger partial charge in [0.25, 0.3) is 0 Å². The van der Waals surface area contributed by atoms with Gasteiger partial charge in [-0.3, -0.25) is 4.90 Å². The molecule has 0 radical (unpaired) electrons. The molecule has 2 bridgehead atoms. The van der Waals surface area contributed by atoms with Gasteiger partial charge in [0.2, 0.25) is 0 Å². The molecule has 0 aromatic rings. The fourth-order valence-corrected chi connectivity index (χ4v) is 6.87. The first-order valence-corrected chi connectivity index (χ1v) is 9.89. The summed E-state index contributed by atoms with van der Waals surface area (Å²) in [6.07, 6.45) is 13.6. The van der Waals surface area contributed by atoms with Gasteiger partial charge < -0.3 is 5.32 Å². The number of rotatable bonds is 2. The Balaban J connectivity index is 1.27. The highest BCUT2D eigenvalue weighted by Crippen LogP contribution is 2.67. The van der Waals surface area contributed by atoms with E-state index in [1.54, 1.807) is 19.3 Å². The van der Waals surface area contributed by atoms with Crippen LogP contribution in [-0.2, 0) is 0 Å². The third-order valence-corrected chi connectivity index (χ3v) is 7.80. The van der Waals surface area contributed by atoms with Gasteiger partial charge in [0.15, 0.2) is 0 Å². The van der Waals surface area contributed by atoms with E-state index in [-0.39, 0.29) is 0 Å². The molecule has 5 unspecified atom stereocenters. The SMILES string of the molecule is C1CCC(C2CN(C3C4C5CCC(C5)C43)CCCN2)CC1. The number of nitrogens with one attached hydrogen (secondary N) is 1. The van der Waals surface area contributed by atoms with E-state index >= 15 is 0 Å². The molecule has 1 saturated heterocycles. The molecular formula is C19H32N2. The molecule has 0 amide bonds. The highest BCUT2D eigenvalue weighted by molar-refractivity contribution is 5.17. The Labute approximate surface area is 130 Å². The Bertz CT molecular complexity index is 373. The Hall–Kier alpha value is -0.0800. The van der Waals surface area contributed by atoms with Crippen LogP contribution in [0.4, 0.5) is 0 Å². The van der Waals surface area contributed by atoms with Crippen molar-refractivity contribution >= 4 is 0 Å². The van der Waals surface area contributed by atoms with Crippen molar-refractivity contribution in [3.05, 3.63) is 0 Å². The Morgan fingerprint density at radius 2 is 1.52 bits per heavy atom. The van der Waals surface area contributed by atoms with Crippen LogP contribution in [-0.4, -0.2) is 36.6 Å². The molecule has 5 atom stereocenters. The first-order chi connectivity index (χ1) is 10.4. The number of hydrogen-bond acceptors (Lipinski definition) is 2. The van der Waals surface area contributed by atoms with Crippen molar-refractivity contribution in [3.63, 3.8) is 0 Å². The van der Waals surface area contributed by atoms with Crippen LogP contribution < -0.4 is 5.32 Å². The monoisotopic (exact) mass is 288 g/mol. The molecule has 0 aromatic heterocycles. The lowest BCUT2D eigenvalue weighted by Crippen LogP contribution is -2.45. The van der Waals surface area contributed by atoms with Crippen LogP contribution in [0.3, 0.4) is 0 Å². The summed E-state index contributed by atoms with van der Waals surface area (Å²) in [6.45, 7) is 4.03. The van der Waals surface area contributed by atoms with Crippen LogP contribution in [0.2, 0.25) is 0 Å². The molecule has 21 heavy (non-hydrogen) atoms. The minimum Gasteiger partial charge on any atom is -0.312 e. The average molecular weight is 288 g/mol. The number of hydrogen-bond donors (Lipinski definition) is 1. The highest BCUT2D eigenvalue weighted by atomic mass is 15.2. The van der Waals surface area contributed by atoms with Crippen molar-refractivity contribution < 1.29 is 0 Å². The minimum atomic E-state index is 0.812. The Morgan fingerprint density at radius 1 is 0.762 bits per heavy atom. The lowest BCUT2D eigenvalue weighted by Gasteiger charge is -2.33. The van der Waals surface area contributed by atoms with Crippen molar-refractivity contribution in [1.82, 2.24) is 10.2 Å². The van der Waals surface area contributed by atoms with Crippen LogP contribution in [0.1, 0.15) is 57.8 Å². The Morgan fingerprint density at radius 3 is 2.29 bits per heavy atom. The molecule has 2 nitrogen and oxygen atoms in total. The zero-order valence-electron chi connectivity index (χ0n) is 13.5. The van der Waals surface area contributed by atoms with E-state index in [4.69, 9.17) is 0 Å². The molecule has 0 aromatic carbocycles. The molecule has 1 aliphatic heterocycles. The molecule has 5 rings (SSSR count). The van der Waals surface area contributed by atoms with Crippen LogP contribution in [0, 0.1) is 29.6 Å². The summed E-state index contributed by atoms with van der Waals surface area (Å²) in [5.41, 5.74) is 0. The second-order valence-electron chi connectivity index (χ2n) is 8.79. The summed E-state index contributed by atoms with van der Waals surface area (Å²) >= 11 is 0. The fourth-order valence-electron chi connectivity index (χ4n) is 6.87. The fraction of sp³-hybridized carbons (Fsp3) is 1.00. The maximum atomic E-state index is 3.93.